The van der Waals surface area contributed by atoms with E-state index in [1.54, 1.807) is 6.92 Å². The molecule has 22 heavy (non-hydrogen) atoms. The lowest BCUT2D eigenvalue weighted by molar-refractivity contribution is 0.0701. The minimum absolute atomic E-state index is 0.306. The number of amidine groups is 1. The molecule has 0 amide bonds. The van der Waals surface area contributed by atoms with E-state index in [1.807, 2.05) is 24.3 Å². The van der Waals surface area contributed by atoms with Crippen molar-refractivity contribution in [2.24, 2.45) is 4.99 Å². The number of nitrogens with one attached hydrogen (secondary N) is 1. The second kappa shape index (κ2) is 5.59. The third kappa shape index (κ3) is 2.65. The van der Waals surface area contributed by atoms with E-state index >= 15 is 0 Å². The quantitative estimate of drug-likeness (QED) is 0.883. The summed E-state index contributed by atoms with van der Waals surface area (Å²) >= 11 is 7.17. The van der Waals surface area contributed by atoms with Crippen molar-refractivity contribution in [2.75, 3.05) is 0 Å². The first kappa shape index (κ1) is 14.8. The number of carboxylic acids is 1. The fourth-order valence-electron chi connectivity index (χ4n) is 2.45. The summed E-state index contributed by atoms with van der Waals surface area (Å²) in [7, 11) is 0. The molecule has 4 nitrogen and oxygen atoms in total. The first-order chi connectivity index (χ1) is 10.5. The molecule has 0 unspecified atom stereocenters. The summed E-state index contributed by atoms with van der Waals surface area (Å²) < 4.78 is 0. The molecular weight excluding hydrogens is 320 g/mol. The van der Waals surface area contributed by atoms with Gasteiger partial charge in [-0.05, 0) is 30.2 Å². The fourth-order valence-corrected chi connectivity index (χ4v) is 3.73. The van der Waals surface area contributed by atoms with Crippen LogP contribution in [-0.4, -0.2) is 16.9 Å². The zero-order valence-corrected chi connectivity index (χ0v) is 13.4. The van der Waals surface area contributed by atoms with Gasteiger partial charge in [0.15, 0.2) is 0 Å². The third-order valence-corrected chi connectivity index (χ3v) is 4.83. The van der Waals surface area contributed by atoms with E-state index < -0.39 is 5.97 Å². The Hall–Kier alpha value is -2.11. The Morgan fingerprint density at radius 3 is 2.95 bits per heavy atom. The van der Waals surface area contributed by atoms with Crippen molar-refractivity contribution >= 4 is 45.4 Å². The molecule has 1 aromatic heterocycles. The number of fused-ring (bicyclic) bond motifs is 1. The summed E-state index contributed by atoms with van der Waals surface area (Å²) in [5, 5.41) is 13.8. The molecule has 1 aliphatic heterocycles. The number of hydrogen-bond donors (Lipinski definition) is 2. The molecular formula is C16H13ClN2O2S. The van der Waals surface area contributed by atoms with Crippen LogP contribution in [0.15, 0.2) is 35.8 Å². The Bertz CT molecular complexity index is 824. The third-order valence-electron chi connectivity index (χ3n) is 3.42. The molecule has 1 aliphatic rings. The molecule has 2 aromatic rings. The molecule has 0 radical (unpaired) electrons. The zero-order valence-electron chi connectivity index (χ0n) is 11.8. The largest absolute Gasteiger partial charge is 0.477 e. The van der Waals surface area contributed by atoms with Gasteiger partial charge in [0.1, 0.15) is 15.7 Å². The first-order valence-electron chi connectivity index (χ1n) is 6.60. The second-order valence-electron chi connectivity index (χ2n) is 5.01. The molecule has 0 saturated carbocycles. The smallest absolute Gasteiger partial charge is 0.346 e. The molecule has 2 N–H and O–H groups in total. The van der Waals surface area contributed by atoms with Gasteiger partial charge in [-0.1, -0.05) is 30.3 Å². The summed E-state index contributed by atoms with van der Waals surface area (Å²) in [5.41, 5.74) is 3.21. The Kier molecular flexibility index (Phi) is 3.76. The maximum absolute atomic E-state index is 11.3. The molecule has 0 atom stereocenters. The zero-order chi connectivity index (χ0) is 15.9. The van der Waals surface area contributed by atoms with Gasteiger partial charge < -0.3 is 10.4 Å². The van der Waals surface area contributed by atoms with Crippen LogP contribution in [0.5, 0.6) is 0 Å². The molecule has 2 heterocycles. The molecule has 0 fully saturated rings. The predicted molar refractivity (Wildman–Crippen MR) is 90.4 cm³/mol. The summed E-state index contributed by atoms with van der Waals surface area (Å²) in [6, 6.07) is 7.56. The molecule has 1 aromatic carbocycles. The van der Waals surface area contributed by atoms with Crippen LogP contribution in [0.3, 0.4) is 0 Å². The van der Waals surface area contributed by atoms with Gasteiger partial charge in [-0.15, -0.1) is 11.3 Å². The van der Waals surface area contributed by atoms with Crippen LogP contribution in [0.2, 0.25) is 5.02 Å². The molecule has 3 rings (SSSR count). The van der Waals surface area contributed by atoms with Gasteiger partial charge in [0, 0.05) is 22.7 Å². The Morgan fingerprint density at radius 1 is 1.50 bits per heavy atom. The van der Waals surface area contributed by atoms with E-state index in [-0.39, 0.29) is 0 Å². The number of nitrogens with zero attached hydrogens (tertiary/aromatic N) is 1. The van der Waals surface area contributed by atoms with Crippen molar-refractivity contribution in [3.05, 3.63) is 57.4 Å². The molecule has 6 heteroatoms. The van der Waals surface area contributed by atoms with Gasteiger partial charge in [0.2, 0.25) is 0 Å². The molecule has 0 saturated heterocycles. The topological polar surface area (TPSA) is 61.7 Å². The number of carbonyl (C=O) groups is 1. The molecule has 0 spiro atoms. The van der Waals surface area contributed by atoms with Gasteiger partial charge in [-0.25, -0.2) is 9.79 Å². The van der Waals surface area contributed by atoms with Crippen molar-refractivity contribution < 1.29 is 9.90 Å². The lowest BCUT2D eigenvalue weighted by Crippen LogP contribution is -2.26. The molecule has 112 valence electrons. The Morgan fingerprint density at radius 2 is 2.27 bits per heavy atom. The van der Waals surface area contributed by atoms with Crippen molar-refractivity contribution in [2.45, 2.75) is 13.3 Å². The van der Waals surface area contributed by atoms with Crippen LogP contribution in [0.1, 0.15) is 26.4 Å². The van der Waals surface area contributed by atoms with Crippen molar-refractivity contribution in [1.82, 2.24) is 5.32 Å². The number of halogens is 1. The highest BCUT2D eigenvalue weighted by Gasteiger charge is 2.25. The van der Waals surface area contributed by atoms with Gasteiger partial charge >= 0.3 is 5.97 Å². The predicted octanol–water partition coefficient (Wildman–Crippen LogP) is 4.25. The van der Waals surface area contributed by atoms with Gasteiger partial charge in [-0.2, -0.15) is 0 Å². The number of benzene rings is 1. The number of aliphatic imine (C=N–C) groups is 1. The highest BCUT2D eigenvalue weighted by Crippen LogP contribution is 2.40. The van der Waals surface area contributed by atoms with Crippen molar-refractivity contribution in [1.29, 1.82) is 0 Å². The maximum atomic E-state index is 11.3. The number of hydrogen-bond acceptors (Lipinski definition) is 4. The number of carboxylic acid groups (broad SMARTS) is 1. The summed E-state index contributed by atoms with van der Waals surface area (Å²) in [4.78, 5) is 16.1. The Balaban J connectivity index is 1.97. The average Bonchev–Trinajstić information content (AvgIpc) is 2.76. The van der Waals surface area contributed by atoms with E-state index in [0.29, 0.717) is 32.6 Å². The molecule has 0 aliphatic carbocycles. The SMILES string of the molecule is C=C1NC(Cc2cccc(Cl)c2)=Nc2sc(C(=O)O)c(C)c21. The van der Waals surface area contributed by atoms with Crippen LogP contribution >= 0.6 is 22.9 Å². The van der Waals surface area contributed by atoms with Crippen LogP contribution in [0.4, 0.5) is 5.00 Å². The standard InChI is InChI=1S/C16H13ClN2O2S/c1-8-13-9(2)18-12(7-10-4-3-5-11(17)6-10)19-15(13)22-14(8)16(20)21/h3-6H,2,7H2,1H3,(H,18,19)(H,20,21). The van der Waals surface area contributed by atoms with E-state index in [4.69, 9.17) is 11.6 Å². The minimum Gasteiger partial charge on any atom is -0.477 e. The highest BCUT2D eigenvalue weighted by molar-refractivity contribution is 7.18. The van der Waals surface area contributed by atoms with Gasteiger partial charge in [0.25, 0.3) is 0 Å². The maximum Gasteiger partial charge on any atom is 0.346 e. The average molecular weight is 333 g/mol. The van der Waals surface area contributed by atoms with E-state index in [0.717, 1.165) is 17.0 Å². The number of thiophene rings is 1. The fraction of sp³-hybridized carbons (Fsp3) is 0.125. The summed E-state index contributed by atoms with van der Waals surface area (Å²) in [6.45, 7) is 5.78. The lowest BCUT2D eigenvalue weighted by Gasteiger charge is -2.18. The van der Waals surface area contributed by atoms with Crippen LogP contribution in [0.25, 0.3) is 5.70 Å². The van der Waals surface area contributed by atoms with Crippen LogP contribution in [-0.2, 0) is 6.42 Å². The van der Waals surface area contributed by atoms with Gasteiger partial charge in [0.05, 0.1) is 0 Å². The van der Waals surface area contributed by atoms with Crippen LogP contribution in [0, 0.1) is 6.92 Å². The second-order valence-corrected chi connectivity index (χ2v) is 6.45. The molecule has 0 bridgehead atoms. The monoisotopic (exact) mass is 332 g/mol. The number of rotatable bonds is 3. The summed E-state index contributed by atoms with van der Waals surface area (Å²) in [6.07, 6.45) is 0.582. The highest BCUT2D eigenvalue weighted by atomic mass is 35.5. The minimum atomic E-state index is -0.934. The lowest BCUT2D eigenvalue weighted by atomic mass is 10.1. The number of aromatic carboxylic acids is 1. The van der Waals surface area contributed by atoms with E-state index in [9.17, 15) is 9.90 Å². The van der Waals surface area contributed by atoms with Crippen molar-refractivity contribution in [3.63, 3.8) is 0 Å². The van der Waals surface area contributed by atoms with E-state index in [2.05, 4.69) is 16.9 Å². The Labute approximate surface area is 136 Å². The summed E-state index contributed by atoms with van der Waals surface area (Å²) in [5.74, 6) is -0.200. The normalized spacial score (nSPS) is 13.4. The first-order valence-corrected chi connectivity index (χ1v) is 7.80. The van der Waals surface area contributed by atoms with E-state index in [1.165, 1.54) is 11.3 Å². The van der Waals surface area contributed by atoms with Gasteiger partial charge in [-0.3, -0.25) is 0 Å². The van der Waals surface area contributed by atoms with Crippen LogP contribution < -0.4 is 5.32 Å². The van der Waals surface area contributed by atoms with Crippen molar-refractivity contribution in [3.8, 4) is 0 Å².